The van der Waals surface area contributed by atoms with Crippen LogP contribution in [-0.2, 0) is 14.4 Å². The molecule has 0 spiro atoms. The fourth-order valence-corrected chi connectivity index (χ4v) is 5.38. The van der Waals surface area contributed by atoms with Gasteiger partial charge in [-0.3, -0.25) is 19.3 Å². The third kappa shape index (κ3) is 7.02. The maximum Gasteiger partial charge on any atom is 0.261 e. The van der Waals surface area contributed by atoms with E-state index in [2.05, 4.69) is 21.6 Å². The minimum Gasteiger partial charge on any atom is -0.482 e. The van der Waals surface area contributed by atoms with Crippen LogP contribution in [0.5, 0.6) is 5.75 Å². The summed E-state index contributed by atoms with van der Waals surface area (Å²) in [6.07, 6.45) is 2.22. The molecule has 196 valence electrons. The van der Waals surface area contributed by atoms with Crippen LogP contribution in [0.1, 0.15) is 39.5 Å². The molecule has 0 saturated carbocycles. The number of piperidine rings is 1. The molecule has 0 aliphatic carbocycles. The van der Waals surface area contributed by atoms with Crippen LogP contribution in [0.25, 0.3) is 0 Å². The van der Waals surface area contributed by atoms with Gasteiger partial charge in [0.25, 0.3) is 5.91 Å². The quantitative estimate of drug-likeness (QED) is 0.474. The van der Waals surface area contributed by atoms with Crippen LogP contribution in [0, 0.1) is 17.2 Å². The summed E-state index contributed by atoms with van der Waals surface area (Å²) >= 11 is 12.1. The van der Waals surface area contributed by atoms with E-state index in [-0.39, 0.29) is 41.8 Å². The van der Waals surface area contributed by atoms with Gasteiger partial charge in [0.15, 0.2) is 6.61 Å². The Morgan fingerprint density at radius 1 is 1.33 bits per heavy atom. The smallest absolute Gasteiger partial charge is 0.261 e. The lowest BCUT2D eigenvalue weighted by atomic mass is 9.92. The number of nitrogens with zero attached hydrogens (tertiary/aromatic N) is 3. The Balaban J connectivity index is 1.69. The standard InChI is InChI=1S/C25H33Cl2N5O4/c1-3-31(4-2)19-12-21(25(35)30-18(13-28)10-16-6-5-9-29-24(16)34)32(14-19)23(33)15-36-22-8-7-17(26)11-20(22)27/h7-8,11,16,18-19,21H,3-6,9-10,12,14-15H2,1-2H3,(H,29,34)(H,30,35)/t16-,18-,19+,21-/m0/s1. The second-order valence-electron chi connectivity index (χ2n) is 9.09. The number of nitrogens with one attached hydrogen (secondary N) is 2. The average Bonchev–Trinajstić information content (AvgIpc) is 3.30. The molecule has 9 nitrogen and oxygen atoms in total. The summed E-state index contributed by atoms with van der Waals surface area (Å²) in [7, 11) is 0. The van der Waals surface area contributed by atoms with Gasteiger partial charge in [-0.2, -0.15) is 5.26 Å². The molecule has 2 N–H and O–H groups in total. The van der Waals surface area contributed by atoms with E-state index in [1.807, 2.05) is 13.8 Å². The van der Waals surface area contributed by atoms with Crippen molar-refractivity contribution >= 4 is 40.9 Å². The molecule has 1 aromatic carbocycles. The van der Waals surface area contributed by atoms with E-state index in [4.69, 9.17) is 27.9 Å². The van der Waals surface area contributed by atoms with Crippen LogP contribution in [-0.4, -0.2) is 78.4 Å². The van der Waals surface area contributed by atoms with Gasteiger partial charge in [-0.1, -0.05) is 37.0 Å². The first kappa shape index (κ1) is 28.0. The van der Waals surface area contributed by atoms with Crippen LogP contribution in [0.15, 0.2) is 18.2 Å². The van der Waals surface area contributed by atoms with E-state index in [1.54, 1.807) is 12.1 Å². The molecule has 0 aromatic heterocycles. The minimum absolute atomic E-state index is 0.00322. The van der Waals surface area contributed by atoms with Gasteiger partial charge in [-0.05, 0) is 57.0 Å². The first-order valence-corrected chi connectivity index (χ1v) is 13.1. The number of benzene rings is 1. The summed E-state index contributed by atoms with van der Waals surface area (Å²) < 4.78 is 5.63. The van der Waals surface area contributed by atoms with E-state index >= 15 is 0 Å². The zero-order chi connectivity index (χ0) is 26.2. The first-order valence-electron chi connectivity index (χ1n) is 12.4. The van der Waals surface area contributed by atoms with Gasteiger partial charge < -0.3 is 20.3 Å². The molecule has 11 heteroatoms. The van der Waals surface area contributed by atoms with Gasteiger partial charge in [-0.25, -0.2) is 0 Å². The highest BCUT2D eigenvalue weighted by atomic mass is 35.5. The Morgan fingerprint density at radius 2 is 2.08 bits per heavy atom. The van der Waals surface area contributed by atoms with Crippen molar-refractivity contribution in [1.82, 2.24) is 20.4 Å². The Labute approximate surface area is 222 Å². The number of hydrogen-bond donors (Lipinski definition) is 2. The van der Waals surface area contributed by atoms with Crippen molar-refractivity contribution in [3.05, 3.63) is 28.2 Å². The first-order chi connectivity index (χ1) is 17.3. The van der Waals surface area contributed by atoms with Gasteiger partial charge >= 0.3 is 0 Å². The Kier molecular flexibility index (Phi) is 10.2. The SMILES string of the molecule is CCN(CC)[C@@H]1C[C@@H](C(=O)N[C@H](C#N)C[C@@H]2CCCNC2=O)N(C(=O)COc2ccc(Cl)cc2Cl)C1. The van der Waals surface area contributed by atoms with E-state index in [9.17, 15) is 19.6 Å². The number of ether oxygens (including phenoxy) is 1. The van der Waals surface area contributed by atoms with Gasteiger partial charge in [0, 0.05) is 30.1 Å². The summed E-state index contributed by atoms with van der Waals surface area (Å²) in [5.41, 5.74) is 0. The zero-order valence-electron chi connectivity index (χ0n) is 20.6. The summed E-state index contributed by atoms with van der Waals surface area (Å²) in [6.45, 7) is 6.36. The molecule has 3 rings (SSSR count). The maximum atomic E-state index is 13.3. The molecular weight excluding hydrogens is 505 g/mol. The predicted octanol–water partition coefficient (Wildman–Crippen LogP) is 2.61. The molecule has 0 unspecified atom stereocenters. The number of halogens is 2. The minimum atomic E-state index is -0.820. The summed E-state index contributed by atoms with van der Waals surface area (Å²) in [5, 5.41) is 16.0. The molecule has 1 aromatic rings. The van der Waals surface area contributed by atoms with Crippen LogP contribution in [0.4, 0.5) is 0 Å². The Hall–Kier alpha value is -2.54. The number of hydrogen-bond acceptors (Lipinski definition) is 6. The molecule has 2 fully saturated rings. The van der Waals surface area contributed by atoms with Crippen LogP contribution >= 0.6 is 23.2 Å². The van der Waals surface area contributed by atoms with Crippen molar-refractivity contribution in [2.24, 2.45) is 5.92 Å². The van der Waals surface area contributed by atoms with E-state index < -0.39 is 18.0 Å². The van der Waals surface area contributed by atoms with Crippen molar-refractivity contribution in [3.63, 3.8) is 0 Å². The van der Waals surface area contributed by atoms with Gasteiger partial charge in [0.2, 0.25) is 11.8 Å². The molecule has 36 heavy (non-hydrogen) atoms. The predicted molar refractivity (Wildman–Crippen MR) is 137 cm³/mol. The zero-order valence-corrected chi connectivity index (χ0v) is 22.1. The highest BCUT2D eigenvalue weighted by Gasteiger charge is 2.42. The molecule has 2 heterocycles. The highest BCUT2D eigenvalue weighted by molar-refractivity contribution is 6.35. The van der Waals surface area contributed by atoms with Crippen molar-refractivity contribution in [2.45, 2.75) is 57.7 Å². The summed E-state index contributed by atoms with van der Waals surface area (Å²) in [4.78, 5) is 42.3. The van der Waals surface area contributed by atoms with E-state index in [0.717, 1.165) is 19.5 Å². The van der Waals surface area contributed by atoms with Gasteiger partial charge in [0.1, 0.15) is 17.8 Å². The van der Waals surface area contributed by atoms with Crippen molar-refractivity contribution in [1.29, 1.82) is 5.26 Å². The molecule has 2 saturated heterocycles. The number of likely N-dealkylation sites (tertiary alicyclic amines) is 1. The van der Waals surface area contributed by atoms with E-state index in [1.165, 1.54) is 11.0 Å². The van der Waals surface area contributed by atoms with Crippen molar-refractivity contribution in [2.75, 3.05) is 32.8 Å². The number of amides is 3. The van der Waals surface area contributed by atoms with Crippen LogP contribution in [0.2, 0.25) is 10.0 Å². The number of carbonyl (C=O) groups is 3. The molecule has 2 aliphatic heterocycles. The van der Waals surface area contributed by atoms with Crippen LogP contribution < -0.4 is 15.4 Å². The summed E-state index contributed by atoms with van der Waals surface area (Å²) in [5.74, 6) is -0.828. The maximum absolute atomic E-state index is 13.3. The normalized spacial score (nSPS) is 22.6. The van der Waals surface area contributed by atoms with Gasteiger partial charge in [0.05, 0.1) is 11.1 Å². The molecule has 4 atom stereocenters. The number of carbonyl (C=O) groups excluding carboxylic acids is 3. The molecular formula is C25H33Cl2N5O4. The molecule has 0 bridgehead atoms. The Bertz CT molecular complexity index is 997. The lowest BCUT2D eigenvalue weighted by molar-refractivity contribution is -0.140. The monoisotopic (exact) mass is 537 g/mol. The molecule has 3 amide bonds. The topological polar surface area (TPSA) is 115 Å². The van der Waals surface area contributed by atoms with Crippen LogP contribution in [0.3, 0.4) is 0 Å². The second-order valence-corrected chi connectivity index (χ2v) is 9.94. The number of rotatable bonds is 10. The Morgan fingerprint density at radius 3 is 2.72 bits per heavy atom. The largest absolute Gasteiger partial charge is 0.482 e. The van der Waals surface area contributed by atoms with Crippen molar-refractivity contribution in [3.8, 4) is 11.8 Å². The van der Waals surface area contributed by atoms with E-state index in [0.29, 0.717) is 36.7 Å². The summed E-state index contributed by atoms with van der Waals surface area (Å²) in [6, 6.07) is 5.27. The number of likely N-dealkylation sites (N-methyl/N-ethyl adjacent to an activating group) is 1. The fourth-order valence-electron chi connectivity index (χ4n) is 4.91. The van der Waals surface area contributed by atoms with Gasteiger partial charge in [-0.15, -0.1) is 0 Å². The molecule has 0 radical (unpaired) electrons. The van der Waals surface area contributed by atoms with Crippen molar-refractivity contribution < 1.29 is 19.1 Å². The average molecular weight is 538 g/mol. The second kappa shape index (κ2) is 13.1. The third-order valence-electron chi connectivity index (χ3n) is 6.87. The number of nitriles is 1. The highest BCUT2D eigenvalue weighted by Crippen LogP contribution is 2.28. The lowest BCUT2D eigenvalue weighted by Gasteiger charge is -2.27. The third-order valence-corrected chi connectivity index (χ3v) is 7.40. The molecule has 2 aliphatic rings. The lowest BCUT2D eigenvalue weighted by Crippen LogP contribution is -2.50. The fraction of sp³-hybridized carbons (Fsp3) is 0.600.